The molecule has 2 aliphatic rings. The molecule has 1 aromatic heterocycles. The molecule has 4 rings (SSSR count). The number of carbonyl (C=O) groups excluding carboxylic acids is 1. The SMILES string of the molecule is O=C(CCc1cccs1)N1CCN(C2CCc3ccccc32)CC1. The monoisotopic (exact) mass is 340 g/mol. The maximum atomic E-state index is 12.4. The van der Waals surface area contributed by atoms with Gasteiger partial charge in [-0.25, -0.2) is 0 Å². The van der Waals surface area contributed by atoms with E-state index in [0.717, 1.165) is 32.6 Å². The van der Waals surface area contributed by atoms with Crippen LogP contribution in [0.25, 0.3) is 0 Å². The van der Waals surface area contributed by atoms with Crippen molar-refractivity contribution < 1.29 is 4.79 Å². The van der Waals surface area contributed by atoms with Gasteiger partial charge in [-0.1, -0.05) is 30.3 Å². The number of hydrogen-bond donors (Lipinski definition) is 0. The first-order valence-corrected chi connectivity index (χ1v) is 9.81. The number of aryl methyl sites for hydroxylation is 2. The Morgan fingerprint density at radius 2 is 1.92 bits per heavy atom. The van der Waals surface area contributed by atoms with Crippen LogP contribution in [0, 0.1) is 0 Å². The van der Waals surface area contributed by atoms with E-state index >= 15 is 0 Å². The summed E-state index contributed by atoms with van der Waals surface area (Å²) in [5.41, 5.74) is 3.02. The Hall–Kier alpha value is -1.65. The molecule has 1 saturated heterocycles. The number of piperazine rings is 1. The van der Waals surface area contributed by atoms with Gasteiger partial charge in [-0.05, 0) is 41.8 Å². The first-order chi connectivity index (χ1) is 11.8. The molecule has 4 heteroatoms. The van der Waals surface area contributed by atoms with Crippen LogP contribution in [0.15, 0.2) is 41.8 Å². The lowest BCUT2D eigenvalue weighted by atomic mass is 10.1. The molecule has 2 heterocycles. The molecule has 0 bridgehead atoms. The number of amides is 1. The summed E-state index contributed by atoms with van der Waals surface area (Å²) in [6, 6.07) is 13.6. The zero-order chi connectivity index (χ0) is 16.4. The molecule has 1 fully saturated rings. The molecule has 1 aliphatic carbocycles. The first-order valence-electron chi connectivity index (χ1n) is 8.93. The van der Waals surface area contributed by atoms with Gasteiger partial charge < -0.3 is 4.90 Å². The molecule has 3 nitrogen and oxygen atoms in total. The number of carbonyl (C=O) groups is 1. The second-order valence-corrected chi connectivity index (χ2v) is 7.78. The van der Waals surface area contributed by atoms with Crippen LogP contribution in [0.2, 0.25) is 0 Å². The van der Waals surface area contributed by atoms with Crippen molar-refractivity contribution in [2.24, 2.45) is 0 Å². The Labute approximate surface area is 147 Å². The molecule has 0 radical (unpaired) electrons. The number of hydrogen-bond acceptors (Lipinski definition) is 3. The van der Waals surface area contributed by atoms with Crippen molar-refractivity contribution in [2.75, 3.05) is 26.2 Å². The van der Waals surface area contributed by atoms with Gasteiger partial charge in [0.1, 0.15) is 0 Å². The molecule has 1 atom stereocenters. The fourth-order valence-electron chi connectivity index (χ4n) is 4.04. The molecule has 2 aromatic rings. The van der Waals surface area contributed by atoms with E-state index in [1.165, 1.54) is 28.8 Å². The van der Waals surface area contributed by atoms with Crippen molar-refractivity contribution in [3.8, 4) is 0 Å². The fourth-order valence-corrected chi connectivity index (χ4v) is 4.75. The zero-order valence-corrected chi connectivity index (χ0v) is 14.8. The van der Waals surface area contributed by atoms with Crippen LogP contribution in [0.5, 0.6) is 0 Å². The molecule has 1 unspecified atom stereocenters. The van der Waals surface area contributed by atoms with Crippen LogP contribution in [0.1, 0.15) is 34.9 Å². The van der Waals surface area contributed by atoms with E-state index in [2.05, 4.69) is 51.6 Å². The van der Waals surface area contributed by atoms with Gasteiger partial charge in [0.25, 0.3) is 0 Å². The molecule has 1 amide bonds. The molecule has 126 valence electrons. The highest BCUT2D eigenvalue weighted by molar-refractivity contribution is 7.09. The number of fused-ring (bicyclic) bond motifs is 1. The summed E-state index contributed by atoms with van der Waals surface area (Å²) in [4.78, 5) is 18.4. The predicted octanol–water partition coefficient (Wildman–Crippen LogP) is 3.51. The van der Waals surface area contributed by atoms with E-state index in [1.54, 1.807) is 11.3 Å². The number of thiophene rings is 1. The lowest BCUT2D eigenvalue weighted by molar-refractivity contribution is -0.133. The highest BCUT2D eigenvalue weighted by Gasteiger charge is 2.30. The third-order valence-corrected chi connectivity index (χ3v) is 6.31. The molecule has 0 N–H and O–H groups in total. The summed E-state index contributed by atoms with van der Waals surface area (Å²) < 4.78 is 0. The van der Waals surface area contributed by atoms with Gasteiger partial charge in [0.2, 0.25) is 5.91 Å². The summed E-state index contributed by atoms with van der Waals surface area (Å²) in [7, 11) is 0. The van der Waals surface area contributed by atoms with Gasteiger partial charge in [-0.15, -0.1) is 11.3 Å². The van der Waals surface area contributed by atoms with Crippen molar-refractivity contribution in [1.29, 1.82) is 0 Å². The number of benzene rings is 1. The fraction of sp³-hybridized carbons (Fsp3) is 0.450. The average molecular weight is 340 g/mol. The van der Waals surface area contributed by atoms with Crippen LogP contribution in [0.3, 0.4) is 0 Å². The average Bonchev–Trinajstić information content (AvgIpc) is 3.29. The second-order valence-electron chi connectivity index (χ2n) is 6.75. The molecular formula is C20H24N2OS. The quantitative estimate of drug-likeness (QED) is 0.850. The van der Waals surface area contributed by atoms with Crippen molar-refractivity contribution in [1.82, 2.24) is 9.80 Å². The summed E-state index contributed by atoms with van der Waals surface area (Å²) in [5.74, 6) is 0.315. The standard InChI is InChI=1S/C20H24N2OS/c23-20(10-8-17-5-3-15-24-17)22-13-11-21(12-14-22)19-9-7-16-4-1-2-6-18(16)19/h1-6,15,19H,7-14H2. The minimum Gasteiger partial charge on any atom is -0.340 e. The Morgan fingerprint density at radius 3 is 2.71 bits per heavy atom. The van der Waals surface area contributed by atoms with Crippen LogP contribution < -0.4 is 0 Å². The number of nitrogens with zero attached hydrogens (tertiary/aromatic N) is 2. The van der Waals surface area contributed by atoms with E-state index in [4.69, 9.17) is 0 Å². The Bertz CT molecular complexity index is 689. The lowest BCUT2D eigenvalue weighted by Crippen LogP contribution is -2.49. The molecule has 1 aliphatic heterocycles. The lowest BCUT2D eigenvalue weighted by Gasteiger charge is -2.38. The van der Waals surface area contributed by atoms with Crippen LogP contribution in [-0.4, -0.2) is 41.9 Å². The predicted molar refractivity (Wildman–Crippen MR) is 98.3 cm³/mol. The van der Waals surface area contributed by atoms with Gasteiger partial charge >= 0.3 is 0 Å². The summed E-state index contributed by atoms with van der Waals surface area (Å²) in [6.07, 6.45) is 3.95. The summed E-state index contributed by atoms with van der Waals surface area (Å²) >= 11 is 1.74. The van der Waals surface area contributed by atoms with Gasteiger partial charge in [0.05, 0.1) is 0 Å². The van der Waals surface area contributed by atoms with Crippen LogP contribution in [0.4, 0.5) is 0 Å². The normalized spacial score (nSPS) is 21.0. The minimum atomic E-state index is 0.315. The van der Waals surface area contributed by atoms with Crippen LogP contribution >= 0.6 is 11.3 Å². The highest BCUT2D eigenvalue weighted by Crippen LogP contribution is 2.35. The molecular weight excluding hydrogens is 316 g/mol. The molecule has 0 spiro atoms. The minimum absolute atomic E-state index is 0.315. The van der Waals surface area contributed by atoms with Gasteiger partial charge in [0.15, 0.2) is 0 Å². The van der Waals surface area contributed by atoms with E-state index in [-0.39, 0.29) is 0 Å². The van der Waals surface area contributed by atoms with E-state index in [1.807, 2.05) is 0 Å². The van der Waals surface area contributed by atoms with Crippen LogP contribution in [-0.2, 0) is 17.6 Å². The molecule has 24 heavy (non-hydrogen) atoms. The van der Waals surface area contributed by atoms with Crippen molar-refractivity contribution in [3.63, 3.8) is 0 Å². The van der Waals surface area contributed by atoms with E-state index in [0.29, 0.717) is 18.4 Å². The smallest absolute Gasteiger partial charge is 0.223 e. The highest BCUT2D eigenvalue weighted by atomic mass is 32.1. The van der Waals surface area contributed by atoms with E-state index in [9.17, 15) is 4.79 Å². The molecule has 0 saturated carbocycles. The Balaban J connectivity index is 1.30. The van der Waals surface area contributed by atoms with Crippen molar-refractivity contribution in [2.45, 2.75) is 31.7 Å². The third kappa shape index (κ3) is 3.26. The first kappa shape index (κ1) is 15.9. The zero-order valence-electron chi connectivity index (χ0n) is 14.0. The van der Waals surface area contributed by atoms with Gasteiger partial charge in [-0.2, -0.15) is 0 Å². The largest absolute Gasteiger partial charge is 0.340 e. The summed E-state index contributed by atoms with van der Waals surface area (Å²) in [5, 5.41) is 2.08. The number of rotatable bonds is 4. The van der Waals surface area contributed by atoms with E-state index < -0.39 is 0 Å². The van der Waals surface area contributed by atoms with Crippen molar-refractivity contribution >= 4 is 17.2 Å². The Kier molecular flexibility index (Phi) is 4.67. The maximum Gasteiger partial charge on any atom is 0.223 e. The molecule has 1 aromatic carbocycles. The second kappa shape index (κ2) is 7.08. The maximum absolute atomic E-state index is 12.4. The Morgan fingerprint density at radius 1 is 1.08 bits per heavy atom. The topological polar surface area (TPSA) is 23.6 Å². The van der Waals surface area contributed by atoms with Gasteiger partial charge in [0, 0.05) is 43.5 Å². The third-order valence-electron chi connectivity index (χ3n) is 5.37. The van der Waals surface area contributed by atoms with Gasteiger partial charge in [-0.3, -0.25) is 9.69 Å². The van der Waals surface area contributed by atoms with Crippen molar-refractivity contribution in [3.05, 3.63) is 57.8 Å². The summed E-state index contributed by atoms with van der Waals surface area (Å²) in [6.45, 7) is 3.76.